The van der Waals surface area contributed by atoms with E-state index in [-0.39, 0.29) is 18.1 Å². The molecule has 0 saturated heterocycles. The molecule has 0 saturated carbocycles. The van der Waals surface area contributed by atoms with Gasteiger partial charge in [0.2, 0.25) is 0 Å². The first kappa shape index (κ1) is 16.8. The number of aryl methyl sites for hydroxylation is 1. The second-order valence-electron chi connectivity index (χ2n) is 4.73. The van der Waals surface area contributed by atoms with Crippen LogP contribution in [-0.4, -0.2) is 28.9 Å². The molecule has 120 valence electrons. The zero-order valence-electron chi connectivity index (χ0n) is 12.3. The number of carbonyl (C=O) groups excluding carboxylic acids is 1. The molecule has 2 aromatic carbocycles. The number of benzene rings is 2. The van der Waals surface area contributed by atoms with Crippen LogP contribution in [0.5, 0.6) is 17.2 Å². The lowest BCUT2D eigenvalue weighted by Crippen LogP contribution is -2.24. The topological polar surface area (TPSA) is 91.2 Å². The fourth-order valence-corrected chi connectivity index (χ4v) is 2.24. The second-order valence-corrected chi connectivity index (χ2v) is 5.65. The summed E-state index contributed by atoms with van der Waals surface area (Å²) in [6.07, 6.45) is 1.28. The Kier molecular flexibility index (Phi) is 5.59. The van der Waals surface area contributed by atoms with E-state index in [0.29, 0.717) is 11.3 Å². The van der Waals surface area contributed by atoms with Crippen LogP contribution in [0.2, 0.25) is 0 Å². The number of hydrogen-bond acceptors (Lipinski definition) is 5. The Morgan fingerprint density at radius 3 is 2.78 bits per heavy atom. The predicted octanol–water partition coefficient (Wildman–Crippen LogP) is 2.70. The van der Waals surface area contributed by atoms with E-state index in [1.807, 2.05) is 19.1 Å². The normalized spacial score (nSPS) is 10.7. The van der Waals surface area contributed by atoms with Crippen LogP contribution in [0.25, 0.3) is 0 Å². The van der Waals surface area contributed by atoms with E-state index in [1.165, 1.54) is 24.4 Å². The molecule has 0 aromatic heterocycles. The molecule has 1 amide bonds. The van der Waals surface area contributed by atoms with E-state index >= 15 is 0 Å². The number of nitrogens with zero attached hydrogens (tertiary/aromatic N) is 1. The molecule has 2 rings (SSSR count). The Labute approximate surface area is 141 Å². The maximum Gasteiger partial charge on any atom is 0.277 e. The van der Waals surface area contributed by atoms with Gasteiger partial charge in [-0.05, 0) is 42.8 Å². The van der Waals surface area contributed by atoms with Crippen molar-refractivity contribution >= 4 is 28.1 Å². The lowest BCUT2D eigenvalue weighted by Gasteiger charge is -2.08. The van der Waals surface area contributed by atoms with Crippen molar-refractivity contribution in [2.45, 2.75) is 6.92 Å². The highest BCUT2D eigenvalue weighted by atomic mass is 79.9. The van der Waals surface area contributed by atoms with E-state index in [0.717, 1.165) is 10.0 Å². The molecule has 0 atom stereocenters. The number of carbonyl (C=O) groups is 1. The van der Waals surface area contributed by atoms with Gasteiger partial charge in [-0.3, -0.25) is 4.79 Å². The molecule has 2 aromatic rings. The first-order chi connectivity index (χ1) is 11.0. The smallest absolute Gasteiger partial charge is 0.277 e. The van der Waals surface area contributed by atoms with E-state index < -0.39 is 5.91 Å². The van der Waals surface area contributed by atoms with Gasteiger partial charge in [0.25, 0.3) is 5.91 Å². The summed E-state index contributed by atoms with van der Waals surface area (Å²) in [6, 6.07) is 9.54. The molecule has 0 bridgehead atoms. The minimum absolute atomic E-state index is 0.0537. The monoisotopic (exact) mass is 378 g/mol. The predicted molar refractivity (Wildman–Crippen MR) is 89.9 cm³/mol. The second kappa shape index (κ2) is 7.64. The fraction of sp³-hybridized carbons (Fsp3) is 0.125. The minimum Gasteiger partial charge on any atom is -0.508 e. The third kappa shape index (κ3) is 5.00. The maximum absolute atomic E-state index is 11.7. The summed E-state index contributed by atoms with van der Waals surface area (Å²) in [6.45, 7) is 1.70. The molecule has 0 radical (unpaired) electrons. The summed E-state index contributed by atoms with van der Waals surface area (Å²) in [5.74, 6) is -0.00275. The highest BCUT2D eigenvalue weighted by Gasteiger charge is 2.05. The van der Waals surface area contributed by atoms with Crippen LogP contribution in [0, 0.1) is 6.92 Å². The highest BCUT2D eigenvalue weighted by Crippen LogP contribution is 2.22. The molecule has 7 heteroatoms. The lowest BCUT2D eigenvalue weighted by atomic mass is 10.2. The number of nitrogens with one attached hydrogen (secondary N) is 1. The molecular formula is C16H15BrN2O4. The Morgan fingerprint density at radius 1 is 1.30 bits per heavy atom. The van der Waals surface area contributed by atoms with Crippen molar-refractivity contribution in [2.75, 3.05) is 6.61 Å². The van der Waals surface area contributed by atoms with Crippen LogP contribution >= 0.6 is 15.9 Å². The number of phenols is 2. The van der Waals surface area contributed by atoms with Gasteiger partial charge in [0.15, 0.2) is 6.61 Å². The third-order valence-electron chi connectivity index (χ3n) is 2.90. The number of aromatic hydroxyl groups is 2. The average molecular weight is 379 g/mol. The Bertz CT molecular complexity index is 747. The molecular weight excluding hydrogens is 364 g/mol. The van der Waals surface area contributed by atoms with Gasteiger partial charge in [-0.25, -0.2) is 5.43 Å². The average Bonchev–Trinajstić information content (AvgIpc) is 2.48. The first-order valence-corrected chi connectivity index (χ1v) is 7.48. The minimum atomic E-state index is -0.429. The van der Waals surface area contributed by atoms with Gasteiger partial charge in [-0.15, -0.1) is 0 Å². The zero-order chi connectivity index (χ0) is 16.8. The lowest BCUT2D eigenvalue weighted by molar-refractivity contribution is -0.123. The summed E-state index contributed by atoms with van der Waals surface area (Å²) in [5, 5.41) is 22.5. The van der Waals surface area contributed by atoms with Gasteiger partial charge in [0, 0.05) is 16.1 Å². The van der Waals surface area contributed by atoms with Crippen LogP contribution in [0.3, 0.4) is 0 Å². The molecule has 6 nitrogen and oxygen atoms in total. The van der Waals surface area contributed by atoms with Crippen molar-refractivity contribution in [1.29, 1.82) is 0 Å². The summed E-state index contributed by atoms with van der Waals surface area (Å²) in [4.78, 5) is 11.7. The molecule has 0 aliphatic heterocycles. The number of hydrogen-bond donors (Lipinski definition) is 3. The molecule has 23 heavy (non-hydrogen) atoms. The molecule has 0 spiro atoms. The van der Waals surface area contributed by atoms with E-state index in [4.69, 9.17) is 4.74 Å². The van der Waals surface area contributed by atoms with E-state index in [9.17, 15) is 15.0 Å². The van der Waals surface area contributed by atoms with Gasteiger partial charge >= 0.3 is 0 Å². The number of phenolic OH excluding ortho intramolecular Hbond substituents is 2. The molecule has 0 heterocycles. The zero-order valence-corrected chi connectivity index (χ0v) is 13.9. The van der Waals surface area contributed by atoms with Crippen LogP contribution in [0.4, 0.5) is 0 Å². The molecule has 0 fully saturated rings. The fourth-order valence-electron chi connectivity index (χ4n) is 1.77. The van der Waals surface area contributed by atoms with Gasteiger partial charge in [-0.1, -0.05) is 15.9 Å². The van der Waals surface area contributed by atoms with Crippen molar-refractivity contribution in [3.63, 3.8) is 0 Å². The Morgan fingerprint density at radius 2 is 2.09 bits per heavy atom. The van der Waals surface area contributed by atoms with Crippen molar-refractivity contribution in [2.24, 2.45) is 5.10 Å². The van der Waals surface area contributed by atoms with Crippen molar-refractivity contribution in [1.82, 2.24) is 5.43 Å². The van der Waals surface area contributed by atoms with Crippen molar-refractivity contribution in [3.8, 4) is 17.2 Å². The summed E-state index contributed by atoms with van der Waals surface area (Å²) >= 11 is 3.35. The van der Waals surface area contributed by atoms with Crippen molar-refractivity contribution < 1.29 is 19.7 Å². The number of ether oxygens (including phenoxy) is 1. The van der Waals surface area contributed by atoms with Crippen LogP contribution < -0.4 is 10.2 Å². The molecule has 3 N–H and O–H groups in total. The van der Waals surface area contributed by atoms with Gasteiger partial charge < -0.3 is 14.9 Å². The third-order valence-corrected chi connectivity index (χ3v) is 3.40. The van der Waals surface area contributed by atoms with Crippen LogP contribution in [0.1, 0.15) is 11.1 Å². The van der Waals surface area contributed by atoms with Crippen molar-refractivity contribution in [3.05, 3.63) is 52.0 Å². The maximum atomic E-state index is 11.7. The molecule has 0 aliphatic carbocycles. The van der Waals surface area contributed by atoms with Crippen LogP contribution in [0.15, 0.2) is 46.0 Å². The van der Waals surface area contributed by atoms with E-state index in [2.05, 4.69) is 26.5 Å². The Balaban J connectivity index is 1.86. The SMILES string of the molecule is Cc1cc(Br)ccc1OCC(=O)N/N=C\c1ccc(O)cc1O. The highest BCUT2D eigenvalue weighted by molar-refractivity contribution is 9.10. The quantitative estimate of drug-likeness (QED) is 0.550. The molecule has 0 unspecified atom stereocenters. The first-order valence-electron chi connectivity index (χ1n) is 6.68. The van der Waals surface area contributed by atoms with E-state index in [1.54, 1.807) is 6.07 Å². The molecule has 0 aliphatic rings. The summed E-state index contributed by atoms with van der Waals surface area (Å²) in [5.41, 5.74) is 3.57. The Hall–Kier alpha value is -2.54. The summed E-state index contributed by atoms with van der Waals surface area (Å²) < 4.78 is 6.34. The number of amides is 1. The standard InChI is InChI=1S/C16H15BrN2O4/c1-10-6-12(17)3-5-15(10)23-9-16(22)19-18-8-11-2-4-13(20)7-14(11)21/h2-8,20-21H,9H2,1H3,(H,19,22)/b18-8-. The number of hydrazone groups is 1. The van der Waals surface area contributed by atoms with Gasteiger partial charge in [0.05, 0.1) is 6.21 Å². The van der Waals surface area contributed by atoms with Crippen LogP contribution in [-0.2, 0) is 4.79 Å². The van der Waals surface area contributed by atoms with Gasteiger partial charge in [-0.2, -0.15) is 5.10 Å². The number of halogens is 1. The largest absolute Gasteiger partial charge is 0.508 e. The number of rotatable bonds is 5. The summed E-state index contributed by atoms with van der Waals surface area (Å²) in [7, 11) is 0. The van der Waals surface area contributed by atoms with Gasteiger partial charge in [0.1, 0.15) is 17.2 Å².